The Hall–Kier alpha value is -6.22. The van der Waals surface area contributed by atoms with Crippen molar-refractivity contribution in [3.63, 3.8) is 0 Å². The van der Waals surface area contributed by atoms with Gasteiger partial charge in [0.05, 0.1) is 5.41 Å². The van der Waals surface area contributed by atoms with E-state index in [1.54, 1.807) is 0 Å². The van der Waals surface area contributed by atoms with E-state index in [2.05, 4.69) is 207 Å². The fourth-order valence-electron chi connectivity index (χ4n) is 9.70. The molecule has 11 rings (SSSR count). The van der Waals surface area contributed by atoms with Crippen molar-refractivity contribution in [1.29, 1.82) is 0 Å². The number of hydrogen-bond acceptors (Lipinski definition) is 2. The van der Waals surface area contributed by atoms with Crippen LogP contribution in [0, 0.1) is 0 Å². The number of rotatable bonds is 5. The summed E-state index contributed by atoms with van der Waals surface area (Å²) in [6.07, 6.45) is 0. The van der Waals surface area contributed by atoms with E-state index in [0.717, 1.165) is 17.1 Å². The van der Waals surface area contributed by atoms with Gasteiger partial charge in [0.2, 0.25) is 0 Å². The van der Waals surface area contributed by atoms with Crippen molar-refractivity contribution in [1.82, 2.24) is 0 Å². The minimum absolute atomic E-state index is 0.113. The number of nitrogens with zero attached hydrogens (tertiary/aromatic N) is 1. The van der Waals surface area contributed by atoms with Crippen LogP contribution in [0.5, 0.6) is 0 Å². The Morgan fingerprint density at radius 1 is 0.370 bits per heavy atom. The number of thiophene rings is 1. The summed E-state index contributed by atoms with van der Waals surface area (Å²) in [6, 6.07) is 70.3. The Morgan fingerprint density at radius 2 is 0.852 bits per heavy atom. The maximum atomic E-state index is 2.49. The third-order valence-corrected chi connectivity index (χ3v) is 13.3. The maximum Gasteiger partial charge on any atom is 0.0714 e. The number of anilines is 3. The van der Waals surface area contributed by atoms with Gasteiger partial charge in [-0.3, -0.25) is 0 Å². The quantitative estimate of drug-likeness (QED) is 0.172. The average molecular weight is 708 g/mol. The molecule has 0 amide bonds. The lowest BCUT2D eigenvalue weighted by Crippen LogP contribution is -2.28. The number of hydrogen-bond donors (Lipinski definition) is 0. The largest absolute Gasteiger partial charge is 0.310 e. The SMILES string of the molecule is CC1(C)c2ccccc2-c2ccc(N(c3ccc4c(c3)C(c3ccccc3)(c3ccccc3)c3ccccc3-4)c3ccc4c(c3)sc3ccccc34)cc21. The molecule has 256 valence electrons. The molecule has 1 heterocycles. The summed E-state index contributed by atoms with van der Waals surface area (Å²) in [5.41, 5.74) is 16.1. The molecule has 0 bridgehead atoms. The smallest absolute Gasteiger partial charge is 0.0714 e. The summed E-state index contributed by atoms with van der Waals surface area (Å²) in [7, 11) is 0. The predicted molar refractivity (Wildman–Crippen MR) is 229 cm³/mol. The van der Waals surface area contributed by atoms with Gasteiger partial charge in [0.15, 0.2) is 0 Å². The molecule has 2 aliphatic rings. The molecule has 2 aliphatic carbocycles. The van der Waals surface area contributed by atoms with Gasteiger partial charge in [-0.15, -0.1) is 11.3 Å². The summed E-state index contributed by atoms with van der Waals surface area (Å²) >= 11 is 1.87. The molecular formula is C52H37NS. The van der Waals surface area contributed by atoms with Crippen LogP contribution >= 0.6 is 11.3 Å². The van der Waals surface area contributed by atoms with Crippen LogP contribution in [0.4, 0.5) is 17.1 Å². The zero-order valence-corrected chi connectivity index (χ0v) is 31.1. The lowest BCUT2D eigenvalue weighted by Gasteiger charge is -2.35. The molecule has 0 unspecified atom stereocenters. The molecule has 1 aromatic heterocycles. The molecule has 0 saturated carbocycles. The molecule has 0 spiro atoms. The molecule has 0 fully saturated rings. The van der Waals surface area contributed by atoms with Gasteiger partial charge in [-0.05, 0) is 98.1 Å². The fraction of sp³-hybridized carbons (Fsp3) is 0.0769. The molecule has 8 aromatic carbocycles. The standard InChI is InChI=1S/C52H37NS/c1-51(2)45-22-12-9-19-39(45)41-28-25-36(31-47(41)51)53(38-27-30-44-43-21-11-14-24-49(43)54-50(44)33-38)37-26-29-42-40-20-10-13-23-46(40)52(48(42)32-37,34-15-5-3-6-16-34)35-17-7-4-8-18-35/h3-33H,1-2H3. The van der Waals surface area contributed by atoms with Gasteiger partial charge in [-0.1, -0.05) is 159 Å². The van der Waals surface area contributed by atoms with E-state index in [4.69, 9.17) is 0 Å². The molecule has 0 aliphatic heterocycles. The van der Waals surface area contributed by atoms with Gasteiger partial charge in [-0.2, -0.15) is 0 Å². The maximum absolute atomic E-state index is 2.49. The first-order valence-electron chi connectivity index (χ1n) is 18.8. The van der Waals surface area contributed by atoms with Crippen molar-refractivity contribution < 1.29 is 0 Å². The Bertz CT molecular complexity index is 2880. The van der Waals surface area contributed by atoms with Crippen LogP contribution in [0.25, 0.3) is 42.4 Å². The lowest BCUT2D eigenvalue weighted by molar-refractivity contribution is 0.660. The van der Waals surface area contributed by atoms with E-state index < -0.39 is 5.41 Å². The van der Waals surface area contributed by atoms with E-state index in [0.29, 0.717) is 0 Å². The highest BCUT2D eigenvalue weighted by Gasteiger charge is 2.46. The van der Waals surface area contributed by atoms with Crippen molar-refractivity contribution in [3.8, 4) is 22.3 Å². The Balaban J connectivity index is 1.18. The van der Waals surface area contributed by atoms with Gasteiger partial charge in [0.25, 0.3) is 0 Å². The number of fused-ring (bicyclic) bond motifs is 9. The molecular weight excluding hydrogens is 671 g/mol. The van der Waals surface area contributed by atoms with E-state index >= 15 is 0 Å². The minimum Gasteiger partial charge on any atom is -0.310 e. The van der Waals surface area contributed by atoms with Crippen LogP contribution in [-0.2, 0) is 10.8 Å². The monoisotopic (exact) mass is 707 g/mol. The molecule has 0 atom stereocenters. The van der Waals surface area contributed by atoms with Gasteiger partial charge in [0.1, 0.15) is 0 Å². The van der Waals surface area contributed by atoms with E-state index in [1.807, 2.05) is 11.3 Å². The summed E-state index contributed by atoms with van der Waals surface area (Å²) < 4.78 is 2.61. The van der Waals surface area contributed by atoms with E-state index in [1.165, 1.54) is 75.8 Å². The lowest BCUT2D eigenvalue weighted by atomic mass is 9.67. The second-order valence-electron chi connectivity index (χ2n) is 15.3. The molecule has 1 nitrogen and oxygen atoms in total. The van der Waals surface area contributed by atoms with Crippen molar-refractivity contribution in [2.45, 2.75) is 24.7 Å². The second-order valence-corrected chi connectivity index (χ2v) is 16.4. The molecule has 9 aromatic rings. The summed E-state index contributed by atoms with van der Waals surface area (Å²) in [4.78, 5) is 2.49. The van der Waals surface area contributed by atoms with Crippen molar-refractivity contribution >= 4 is 48.6 Å². The van der Waals surface area contributed by atoms with Crippen molar-refractivity contribution in [2.24, 2.45) is 0 Å². The highest BCUT2D eigenvalue weighted by molar-refractivity contribution is 7.25. The first-order chi connectivity index (χ1) is 26.5. The topological polar surface area (TPSA) is 3.24 Å². The first kappa shape index (κ1) is 31.3. The third kappa shape index (κ3) is 4.32. The van der Waals surface area contributed by atoms with Gasteiger partial charge in [-0.25, -0.2) is 0 Å². The van der Waals surface area contributed by atoms with Crippen LogP contribution in [0.3, 0.4) is 0 Å². The fourth-order valence-corrected chi connectivity index (χ4v) is 10.8. The molecule has 0 N–H and O–H groups in total. The second kappa shape index (κ2) is 11.6. The third-order valence-electron chi connectivity index (χ3n) is 12.1. The van der Waals surface area contributed by atoms with Crippen LogP contribution in [0.1, 0.15) is 47.2 Å². The van der Waals surface area contributed by atoms with Crippen LogP contribution in [-0.4, -0.2) is 0 Å². The van der Waals surface area contributed by atoms with Gasteiger partial charge in [0, 0.05) is 42.6 Å². The molecule has 0 saturated heterocycles. The zero-order valence-electron chi connectivity index (χ0n) is 30.3. The van der Waals surface area contributed by atoms with Crippen LogP contribution in [0.2, 0.25) is 0 Å². The van der Waals surface area contributed by atoms with E-state index in [-0.39, 0.29) is 5.41 Å². The summed E-state index contributed by atoms with van der Waals surface area (Å²) in [6.45, 7) is 4.74. The highest BCUT2D eigenvalue weighted by Crippen LogP contribution is 2.58. The Morgan fingerprint density at radius 3 is 1.56 bits per heavy atom. The van der Waals surface area contributed by atoms with Crippen LogP contribution < -0.4 is 4.90 Å². The molecule has 0 radical (unpaired) electrons. The van der Waals surface area contributed by atoms with Gasteiger partial charge >= 0.3 is 0 Å². The normalized spacial score (nSPS) is 14.4. The summed E-state index contributed by atoms with van der Waals surface area (Å²) in [5, 5.41) is 2.62. The first-order valence-corrected chi connectivity index (χ1v) is 19.7. The molecule has 54 heavy (non-hydrogen) atoms. The van der Waals surface area contributed by atoms with Crippen molar-refractivity contribution in [3.05, 3.63) is 221 Å². The predicted octanol–water partition coefficient (Wildman–Crippen LogP) is 14.2. The Labute approximate surface area is 320 Å². The minimum atomic E-state index is -0.479. The molecule has 2 heteroatoms. The van der Waals surface area contributed by atoms with E-state index in [9.17, 15) is 0 Å². The Kier molecular flexibility index (Phi) is 6.75. The van der Waals surface area contributed by atoms with Crippen molar-refractivity contribution in [2.75, 3.05) is 4.90 Å². The zero-order chi connectivity index (χ0) is 36.0. The number of benzene rings is 8. The highest BCUT2D eigenvalue weighted by atomic mass is 32.1. The summed E-state index contributed by atoms with van der Waals surface area (Å²) in [5.74, 6) is 0. The van der Waals surface area contributed by atoms with Gasteiger partial charge < -0.3 is 4.90 Å². The average Bonchev–Trinajstić information content (AvgIpc) is 3.82. The van der Waals surface area contributed by atoms with Crippen LogP contribution in [0.15, 0.2) is 188 Å².